The van der Waals surface area contributed by atoms with Gasteiger partial charge in [-0.3, -0.25) is 0 Å². The second kappa shape index (κ2) is 9.11. The maximum atomic E-state index is 11.0. The van der Waals surface area contributed by atoms with Crippen molar-refractivity contribution in [1.82, 2.24) is 0 Å². The third kappa shape index (κ3) is 6.40. The Kier molecular flexibility index (Phi) is 7.74. The summed E-state index contributed by atoms with van der Waals surface area (Å²) in [4.78, 5) is 21.1. The van der Waals surface area contributed by atoms with Crippen molar-refractivity contribution in [2.75, 3.05) is 5.32 Å². The van der Waals surface area contributed by atoms with Gasteiger partial charge in [-0.1, -0.05) is 23.2 Å². The average Bonchev–Trinajstić information content (AvgIpc) is 2.48. The monoisotopic (exact) mass is 465 g/mol. The Morgan fingerprint density at radius 1 is 1.12 bits per heavy atom. The molecule has 2 aromatic rings. The molecule has 0 aliphatic heterocycles. The van der Waals surface area contributed by atoms with Gasteiger partial charge in [0.05, 0.1) is 10.6 Å². The summed E-state index contributed by atoms with van der Waals surface area (Å²) in [6, 6.07) is 8.07. The third-order valence-electron chi connectivity index (χ3n) is 2.80. The van der Waals surface area contributed by atoms with Crippen LogP contribution in [0.15, 0.2) is 36.4 Å². The summed E-state index contributed by atoms with van der Waals surface area (Å²) >= 11 is 5.95. The molecule has 2 rings (SSSR count). The van der Waals surface area contributed by atoms with Crippen LogP contribution < -0.4 is 9.67 Å². The van der Waals surface area contributed by atoms with Crippen molar-refractivity contribution < 1.29 is 31.7 Å². The number of carboxylic acids is 1. The maximum absolute atomic E-state index is 11.0. The topological polar surface area (TPSA) is 144 Å². The van der Waals surface area contributed by atoms with Crippen LogP contribution in [0.4, 0.5) is 5.69 Å². The van der Waals surface area contributed by atoms with Gasteiger partial charge >= 0.3 is 94.1 Å². The molecule has 0 atom stereocenters. The SMILES string of the molecule is CC(=O)Nc1cccc([As](=O)(O)O)c1O.O=C(O)c1ccc(Cl)cc1Cl. The molecule has 0 heterocycles. The molecule has 2 aromatic carbocycles. The van der Waals surface area contributed by atoms with Gasteiger partial charge in [0.1, 0.15) is 0 Å². The zero-order valence-electron chi connectivity index (χ0n) is 13.2. The van der Waals surface area contributed by atoms with Gasteiger partial charge in [0.25, 0.3) is 0 Å². The molecule has 0 fully saturated rings. The molecular weight excluding hydrogens is 452 g/mol. The second-order valence-corrected chi connectivity index (χ2v) is 8.97. The van der Waals surface area contributed by atoms with Crippen molar-refractivity contribution in [3.8, 4) is 5.75 Å². The van der Waals surface area contributed by atoms with E-state index < -0.39 is 36.1 Å². The van der Waals surface area contributed by atoms with Crippen molar-refractivity contribution in [2.24, 2.45) is 0 Å². The number of anilines is 1. The van der Waals surface area contributed by atoms with Crippen molar-refractivity contribution in [3.05, 3.63) is 52.0 Å². The summed E-state index contributed by atoms with van der Waals surface area (Å²) in [6.07, 6.45) is 0. The fourth-order valence-electron chi connectivity index (χ4n) is 1.72. The summed E-state index contributed by atoms with van der Waals surface area (Å²) in [5.74, 6) is -2.06. The number of rotatable bonds is 3. The Labute approximate surface area is 161 Å². The van der Waals surface area contributed by atoms with Crippen molar-refractivity contribution in [2.45, 2.75) is 6.92 Å². The molecule has 0 radical (unpaired) electrons. The fraction of sp³-hybridized carbons (Fsp3) is 0.0667. The zero-order chi connectivity index (χ0) is 20.1. The first-order chi connectivity index (χ1) is 11.9. The number of carbonyl (C=O) groups is 2. The molecule has 5 N–H and O–H groups in total. The number of aromatic carboxylic acids is 1. The Morgan fingerprint density at radius 2 is 1.73 bits per heavy atom. The normalized spacial score (nSPS) is 10.5. The first kappa shape index (κ1) is 22.1. The van der Waals surface area contributed by atoms with Crippen LogP contribution >= 0.6 is 23.2 Å². The molecule has 0 aliphatic carbocycles. The third-order valence-corrected chi connectivity index (χ3v) is 5.42. The van der Waals surface area contributed by atoms with E-state index in [2.05, 4.69) is 5.32 Å². The van der Waals surface area contributed by atoms with Crippen molar-refractivity contribution >= 4 is 59.3 Å². The Balaban J connectivity index is 0.000000273. The van der Waals surface area contributed by atoms with Crippen LogP contribution in [0, 0.1) is 0 Å². The summed E-state index contributed by atoms with van der Waals surface area (Å²) < 4.78 is 28.4. The molecule has 0 unspecified atom stereocenters. The van der Waals surface area contributed by atoms with Crippen LogP contribution in [0.2, 0.25) is 10.0 Å². The first-order valence-corrected chi connectivity index (χ1v) is 10.9. The zero-order valence-corrected chi connectivity index (χ0v) is 16.6. The number of nitrogens with one attached hydrogen (secondary N) is 1. The van der Waals surface area contributed by atoms with Gasteiger partial charge in [0.2, 0.25) is 0 Å². The minimum Gasteiger partial charge on any atom is -0.478 e. The quantitative estimate of drug-likeness (QED) is 0.342. The largest absolute Gasteiger partial charge is 0.478 e. The predicted molar refractivity (Wildman–Crippen MR) is 96.3 cm³/mol. The molecule has 0 bridgehead atoms. The standard InChI is InChI=1S/C8H10AsNO5.C7H4Cl2O2/c1-5(11)10-7-4-2-3-6(8(7)12)9(13,14)15;8-4-1-2-5(7(10)11)6(9)3-4/h2-4,12H,1H3,(H,10,11)(H2,13,14,15);1-3H,(H,10,11). The van der Waals surface area contributed by atoms with E-state index in [4.69, 9.17) is 36.5 Å². The van der Waals surface area contributed by atoms with Gasteiger partial charge in [-0.15, -0.1) is 0 Å². The van der Waals surface area contributed by atoms with Crippen LogP contribution in [0.1, 0.15) is 17.3 Å². The summed E-state index contributed by atoms with van der Waals surface area (Å²) in [6.45, 7) is 1.23. The number of amides is 1. The molecule has 26 heavy (non-hydrogen) atoms. The van der Waals surface area contributed by atoms with E-state index in [1.807, 2.05) is 0 Å². The Morgan fingerprint density at radius 3 is 2.19 bits per heavy atom. The Bertz CT molecular complexity index is 882. The molecule has 0 aliphatic rings. The molecule has 0 saturated heterocycles. The molecule has 1 amide bonds. The molecule has 0 aromatic heterocycles. The number of hydrogen-bond donors (Lipinski definition) is 5. The number of para-hydroxylation sites is 1. The van der Waals surface area contributed by atoms with Gasteiger partial charge in [0, 0.05) is 5.02 Å². The molecule has 11 heteroatoms. The van der Waals surface area contributed by atoms with Gasteiger partial charge in [0.15, 0.2) is 0 Å². The molecular formula is C15H14AsCl2NO7. The molecule has 0 spiro atoms. The fourth-order valence-corrected chi connectivity index (χ4v) is 3.63. The smallest absolute Gasteiger partial charge is 0.337 e. The minimum atomic E-state index is -5.15. The van der Waals surface area contributed by atoms with Crippen LogP contribution in [-0.4, -0.2) is 44.5 Å². The van der Waals surface area contributed by atoms with Crippen LogP contribution in [0.5, 0.6) is 5.75 Å². The second-order valence-electron chi connectivity index (χ2n) is 4.83. The van der Waals surface area contributed by atoms with E-state index >= 15 is 0 Å². The van der Waals surface area contributed by atoms with Crippen molar-refractivity contribution in [3.63, 3.8) is 0 Å². The van der Waals surface area contributed by atoms with Gasteiger partial charge in [-0.2, -0.15) is 0 Å². The first-order valence-electron chi connectivity index (χ1n) is 6.77. The average molecular weight is 466 g/mol. The van der Waals surface area contributed by atoms with Gasteiger partial charge in [-0.25, -0.2) is 4.79 Å². The van der Waals surface area contributed by atoms with E-state index in [9.17, 15) is 18.4 Å². The van der Waals surface area contributed by atoms with E-state index in [-0.39, 0.29) is 16.3 Å². The molecule has 0 saturated carbocycles. The number of halogens is 2. The number of phenols is 1. The van der Waals surface area contributed by atoms with Crippen LogP contribution in [-0.2, 0) is 8.53 Å². The minimum absolute atomic E-state index is 0.00951. The number of benzene rings is 2. The van der Waals surface area contributed by atoms with E-state index in [1.54, 1.807) is 0 Å². The number of phenolic OH excluding ortho intramolecular Hbond substituents is 1. The molecule has 140 valence electrons. The van der Waals surface area contributed by atoms with E-state index in [1.165, 1.54) is 37.3 Å². The van der Waals surface area contributed by atoms with Gasteiger partial charge in [-0.05, 0) is 18.2 Å². The summed E-state index contributed by atoms with van der Waals surface area (Å²) in [5, 5.41) is 20.9. The number of hydrogen-bond acceptors (Lipinski definition) is 4. The van der Waals surface area contributed by atoms with Gasteiger partial charge < -0.3 is 5.11 Å². The van der Waals surface area contributed by atoms with Crippen LogP contribution in [0.3, 0.4) is 0 Å². The maximum Gasteiger partial charge on any atom is 0.337 e. The van der Waals surface area contributed by atoms with E-state index in [0.717, 1.165) is 6.07 Å². The number of carbonyl (C=O) groups excluding carboxylic acids is 1. The predicted octanol–water partition coefficient (Wildman–Crippen LogP) is 1.60. The molecule has 8 nitrogen and oxygen atoms in total. The number of aromatic hydroxyl groups is 1. The Hall–Kier alpha value is -1.96. The number of carboxylic acid groups (broad SMARTS) is 1. The summed E-state index contributed by atoms with van der Waals surface area (Å²) in [7, 11) is 0. The van der Waals surface area contributed by atoms with Crippen LogP contribution in [0.25, 0.3) is 0 Å². The van der Waals surface area contributed by atoms with E-state index in [0.29, 0.717) is 5.02 Å². The summed E-state index contributed by atoms with van der Waals surface area (Å²) in [5.41, 5.74) is 0.0563. The van der Waals surface area contributed by atoms with Crippen molar-refractivity contribution in [1.29, 1.82) is 0 Å².